The highest BCUT2D eigenvalue weighted by molar-refractivity contribution is 5.84. The van der Waals surface area contributed by atoms with Crippen LogP contribution in [0.15, 0.2) is 12.7 Å². The molecule has 2 fully saturated rings. The molecule has 0 aromatic carbocycles. The van der Waals surface area contributed by atoms with E-state index in [0.717, 1.165) is 19.3 Å². The zero-order valence-electron chi connectivity index (χ0n) is 11.3. The summed E-state index contributed by atoms with van der Waals surface area (Å²) >= 11 is 0. The lowest BCUT2D eigenvalue weighted by atomic mass is 9.87. The van der Waals surface area contributed by atoms with E-state index < -0.39 is 5.97 Å². The monoisotopic (exact) mass is 251 g/mol. The number of rotatable bonds is 2. The summed E-state index contributed by atoms with van der Waals surface area (Å²) in [5.41, 5.74) is -0.223. The van der Waals surface area contributed by atoms with Crippen LogP contribution < -0.4 is 0 Å². The molecule has 0 radical (unpaired) electrons. The summed E-state index contributed by atoms with van der Waals surface area (Å²) in [4.78, 5) is 25.6. The molecule has 1 heterocycles. The number of carbonyl (C=O) groups excluding carboxylic acids is 2. The molecule has 4 nitrogen and oxygen atoms in total. The van der Waals surface area contributed by atoms with Gasteiger partial charge in [0, 0.05) is 17.5 Å². The molecule has 4 heteroatoms. The van der Waals surface area contributed by atoms with Gasteiger partial charge in [0.2, 0.25) is 5.91 Å². The number of esters is 1. The van der Waals surface area contributed by atoms with Crippen molar-refractivity contribution in [2.75, 3.05) is 0 Å². The van der Waals surface area contributed by atoms with Gasteiger partial charge >= 0.3 is 5.97 Å². The number of hydrogen-bond donors (Lipinski definition) is 0. The topological polar surface area (TPSA) is 46.6 Å². The second kappa shape index (κ2) is 4.41. The molecule has 0 aromatic heterocycles. The van der Waals surface area contributed by atoms with Crippen LogP contribution in [0, 0.1) is 5.92 Å². The third kappa shape index (κ3) is 2.16. The van der Waals surface area contributed by atoms with Gasteiger partial charge in [0.1, 0.15) is 6.10 Å². The molecule has 1 aliphatic carbocycles. The number of carbonyl (C=O) groups is 2. The minimum atomic E-state index is -0.397. The molecule has 3 unspecified atom stereocenters. The highest BCUT2D eigenvalue weighted by atomic mass is 16.5. The Morgan fingerprint density at radius 1 is 1.44 bits per heavy atom. The molecule has 0 spiro atoms. The van der Waals surface area contributed by atoms with Crippen molar-refractivity contribution in [1.82, 2.24) is 4.90 Å². The normalized spacial score (nSPS) is 31.4. The van der Waals surface area contributed by atoms with E-state index in [-0.39, 0.29) is 29.5 Å². The van der Waals surface area contributed by atoms with E-state index in [0.29, 0.717) is 0 Å². The van der Waals surface area contributed by atoms with Crippen LogP contribution in [-0.2, 0) is 14.3 Å². The van der Waals surface area contributed by atoms with Crippen molar-refractivity contribution < 1.29 is 14.3 Å². The average molecular weight is 251 g/mol. The Morgan fingerprint density at radius 3 is 2.67 bits per heavy atom. The summed E-state index contributed by atoms with van der Waals surface area (Å²) < 4.78 is 5.39. The molecule has 1 aliphatic heterocycles. The van der Waals surface area contributed by atoms with E-state index >= 15 is 0 Å². The van der Waals surface area contributed by atoms with Crippen molar-refractivity contribution >= 4 is 11.9 Å². The fourth-order valence-corrected chi connectivity index (χ4v) is 3.14. The number of amides is 1. The third-order valence-corrected chi connectivity index (χ3v) is 3.83. The lowest BCUT2D eigenvalue weighted by molar-refractivity contribution is -0.150. The summed E-state index contributed by atoms with van der Waals surface area (Å²) in [5.74, 6) is -0.0655. The van der Waals surface area contributed by atoms with Crippen molar-refractivity contribution in [2.24, 2.45) is 5.92 Å². The van der Waals surface area contributed by atoms with Crippen molar-refractivity contribution in [2.45, 2.75) is 57.7 Å². The SMILES string of the molecule is C=CC(=O)OC1CCC2CC1N(C(C)(C)C)C2=O. The van der Waals surface area contributed by atoms with Crippen LogP contribution in [0.4, 0.5) is 0 Å². The van der Waals surface area contributed by atoms with E-state index in [1.165, 1.54) is 6.08 Å². The van der Waals surface area contributed by atoms with Crippen LogP contribution >= 0.6 is 0 Å². The number of likely N-dealkylation sites (tertiary alicyclic amines) is 1. The van der Waals surface area contributed by atoms with Crippen LogP contribution in [0.3, 0.4) is 0 Å². The lowest BCUT2D eigenvalue weighted by Crippen LogP contribution is -2.51. The molecule has 1 amide bonds. The quantitative estimate of drug-likeness (QED) is 0.556. The second-order valence-corrected chi connectivity index (χ2v) is 6.14. The Morgan fingerprint density at radius 2 is 2.11 bits per heavy atom. The summed E-state index contributed by atoms with van der Waals surface area (Å²) in [7, 11) is 0. The molecular weight excluding hydrogens is 230 g/mol. The molecule has 2 bridgehead atoms. The minimum absolute atomic E-state index is 0.0279. The number of hydrogen-bond acceptors (Lipinski definition) is 3. The molecular formula is C14H21NO3. The Bertz CT molecular complexity index is 383. The van der Waals surface area contributed by atoms with E-state index in [9.17, 15) is 9.59 Å². The number of ether oxygens (including phenoxy) is 1. The predicted octanol–water partition coefficient (Wildman–Crippen LogP) is 1.89. The first kappa shape index (κ1) is 13.1. The fourth-order valence-electron chi connectivity index (χ4n) is 3.14. The highest BCUT2D eigenvalue weighted by Crippen LogP contribution is 2.41. The van der Waals surface area contributed by atoms with Crippen LogP contribution in [0.25, 0.3) is 0 Å². The standard InChI is InChI=1S/C14H21NO3/c1-5-12(16)18-11-7-6-9-8-10(11)15(13(9)17)14(2,3)4/h5,9-11H,1,6-8H2,2-4H3. The summed E-state index contributed by atoms with van der Waals surface area (Å²) in [6.07, 6.45) is 3.40. The largest absolute Gasteiger partial charge is 0.457 e. The molecule has 2 rings (SSSR count). The predicted molar refractivity (Wildman–Crippen MR) is 67.8 cm³/mol. The van der Waals surface area contributed by atoms with E-state index in [1.807, 2.05) is 25.7 Å². The first-order valence-corrected chi connectivity index (χ1v) is 6.51. The van der Waals surface area contributed by atoms with Gasteiger partial charge < -0.3 is 9.64 Å². The maximum atomic E-state index is 12.3. The first-order chi connectivity index (χ1) is 8.34. The summed E-state index contributed by atoms with van der Waals surface area (Å²) in [5, 5.41) is 0. The van der Waals surface area contributed by atoms with Gasteiger partial charge in [0.25, 0.3) is 0 Å². The molecule has 0 N–H and O–H groups in total. The van der Waals surface area contributed by atoms with Crippen molar-refractivity contribution in [3.8, 4) is 0 Å². The van der Waals surface area contributed by atoms with Gasteiger partial charge in [-0.15, -0.1) is 0 Å². The number of nitrogens with zero attached hydrogens (tertiary/aromatic N) is 1. The van der Waals surface area contributed by atoms with Crippen LogP contribution in [0.5, 0.6) is 0 Å². The van der Waals surface area contributed by atoms with Crippen molar-refractivity contribution in [3.05, 3.63) is 12.7 Å². The van der Waals surface area contributed by atoms with Gasteiger partial charge in [0.15, 0.2) is 0 Å². The van der Waals surface area contributed by atoms with Gasteiger partial charge in [-0.25, -0.2) is 4.79 Å². The molecule has 3 atom stereocenters. The van der Waals surface area contributed by atoms with E-state index in [4.69, 9.17) is 4.74 Å². The smallest absolute Gasteiger partial charge is 0.330 e. The summed E-state index contributed by atoms with van der Waals surface area (Å²) in [6, 6.07) is 0.0279. The van der Waals surface area contributed by atoms with Gasteiger partial charge in [-0.05, 0) is 40.0 Å². The van der Waals surface area contributed by atoms with Crippen LogP contribution in [0.2, 0.25) is 0 Å². The molecule has 1 saturated carbocycles. The third-order valence-electron chi connectivity index (χ3n) is 3.83. The highest BCUT2D eigenvalue weighted by Gasteiger charge is 2.51. The molecule has 0 aromatic rings. The zero-order chi connectivity index (χ0) is 13.5. The van der Waals surface area contributed by atoms with E-state index in [2.05, 4.69) is 6.58 Å². The van der Waals surface area contributed by atoms with Crippen LogP contribution in [0.1, 0.15) is 40.0 Å². The molecule has 1 saturated heterocycles. The second-order valence-electron chi connectivity index (χ2n) is 6.14. The Labute approximate surface area is 108 Å². The minimum Gasteiger partial charge on any atom is -0.457 e. The van der Waals surface area contributed by atoms with Gasteiger partial charge in [0.05, 0.1) is 6.04 Å². The zero-order valence-corrected chi connectivity index (χ0v) is 11.3. The Balaban J connectivity index is 2.20. The molecule has 18 heavy (non-hydrogen) atoms. The van der Waals surface area contributed by atoms with Gasteiger partial charge in [-0.2, -0.15) is 0 Å². The number of fused-ring (bicyclic) bond motifs is 2. The maximum Gasteiger partial charge on any atom is 0.330 e. The Kier molecular flexibility index (Phi) is 3.21. The maximum absolute atomic E-state index is 12.3. The first-order valence-electron chi connectivity index (χ1n) is 6.51. The van der Waals surface area contributed by atoms with Crippen LogP contribution in [-0.4, -0.2) is 34.5 Å². The van der Waals surface area contributed by atoms with E-state index in [1.54, 1.807) is 0 Å². The molecule has 100 valence electrons. The average Bonchev–Trinajstić information content (AvgIpc) is 2.55. The lowest BCUT2D eigenvalue weighted by Gasteiger charge is -2.39. The van der Waals surface area contributed by atoms with Gasteiger partial charge in [-0.3, -0.25) is 4.79 Å². The summed E-state index contributed by atoms with van der Waals surface area (Å²) in [6.45, 7) is 9.49. The van der Waals surface area contributed by atoms with Crippen molar-refractivity contribution in [3.63, 3.8) is 0 Å². The van der Waals surface area contributed by atoms with Gasteiger partial charge in [-0.1, -0.05) is 6.58 Å². The Hall–Kier alpha value is -1.32. The van der Waals surface area contributed by atoms with Crippen molar-refractivity contribution in [1.29, 1.82) is 0 Å². The molecule has 2 aliphatic rings. The fraction of sp³-hybridized carbons (Fsp3) is 0.714.